The van der Waals surface area contributed by atoms with E-state index in [2.05, 4.69) is 41.4 Å². The molecule has 2 aliphatic rings. The van der Waals surface area contributed by atoms with Crippen molar-refractivity contribution in [2.24, 2.45) is 5.92 Å². The summed E-state index contributed by atoms with van der Waals surface area (Å²) < 4.78 is 0. The molecule has 1 heterocycles. The molecule has 16 heavy (non-hydrogen) atoms. The highest BCUT2D eigenvalue weighted by atomic mass is 15.2. The predicted octanol–water partition coefficient (Wildman–Crippen LogP) is 2.39. The number of hydrogen-bond acceptors (Lipinski definition) is 2. The van der Waals surface area contributed by atoms with Crippen molar-refractivity contribution in [2.75, 3.05) is 18.0 Å². The smallest absolute Gasteiger partial charge is 0.0412 e. The van der Waals surface area contributed by atoms with Gasteiger partial charge in [0.1, 0.15) is 0 Å². The summed E-state index contributed by atoms with van der Waals surface area (Å²) in [6.07, 6.45) is 2.86. The molecule has 1 fully saturated rings. The molecule has 2 nitrogen and oxygen atoms in total. The standard InChI is InChI=1S/C14H20N2/c1-11-9-16(10-12-6-7-12)14-5-3-2-4-13(14)8-15-11/h2-5,11-12,15H,6-10H2,1H3. The van der Waals surface area contributed by atoms with Gasteiger partial charge in [-0.1, -0.05) is 18.2 Å². The second-order valence-corrected chi connectivity index (χ2v) is 5.26. The Kier molecular flexibility index (Phi) is 2.60. The third-order valence-electron chi connectivity index (χ3n) is 3.64. The lowest BCUT2D eigenvalue weighted by Crippen LogP contribution is -2.37. The molecule has 1 atom stereocenters. The second kappa shape index (κ2) is 4.10. The maximum absolute atomic E-state index is 3.58. The average molecular weight is 216 g/mol. The van der Waals surface area contributed by atoms with Crippen LogP contribution >= 0.6 is 0 Å². The molecule has 0 radical (unpaired) electrons. The number of benzene rings is 1. The minimum atomic E-state index is 0.589. The quantitative estimate of drug-likeness (QED) is 0.816. The Hall–Kier alpha value is -1.02. The van der Waals surface area contributed by atoms with Gasteiger partial charge in [-0.25, -0.2) is 0 Å². The Balaban J connectivity index is 1.88. The lowest BCUT2D eigenvalue weighted by atomic mass is 10.1. The molecule has 0 saturated heterocycles. The van der Waals surface area contributed by atoms with Crippen LogP contribution in [-0.2, 0) is 6.54 Å². The van der Waals surface area contributed by atoms with Gasteiger partial charge in [0, 0.05) is 31.4 Å². The summed E-state index contributed by atoms with van der Waals surface area (Å²) in [6.45, 7) is 5.70. The molecule has 86 valence electrons. The summed E-state index contributed by atoms with van der Waals surface area (Å²) in [7, 11) is 0. The van der Waals surface area contributed by atoms with Gasteiger partial charge in [0.05, 0.1) is 0 Å². The number of nitrogens with zero attached hydrogens (tertiary/aromatic N) is 1. The first-order valence-corrected chi connectivity index (χ1v) is 6.39. The van der Waals surface area contributed by atoms with E-state index >= 15 is 0 Å². The SMILES string of the molecule is CC1CN(CC2CC2)c2ccccc2CN1. The Morgan fingerprint density at radius 3 is 2.94 bits per heavy atom. The summed E-state index contributed by atoms with van der Waals surface area (Å²) in [5, 5.41) is 3.58. The van der Waals surface area contributed by atoms with Gasteiger partial charge in [0.25, 0.3) is 0 Å². The van der Waals surface area contributed by atoms with Crippen molar-refractivity contribution in [1.29, 1.82) is 0 Å². The van der Waals surface area contributed by atoms with Crippen LogP contribution in [0.2, 0.25) is 0 Å². The highest BCUT2D eigenvalue weighted by Crippen LogP contribution is 2.33. The second-order valence-electron chi connectivity index (χ2n) is 5.26. The molecule has 1 aliphatic carbocycles. The van der Waals surface area contributed by atoms with E-state index in [1.165, 1.54) is 30.6 Å². The van der Waals surface area contributed by atoms with Crippen molar-refractivity contribution in [1.82, 2.24) is 5.32 Å². The summed E-state index contributed by atoms with van der Waals surface area (Å²) >= 11 is 0. The van der Waals surface area contributed by atoms with Crippen LogP contribution in [0, 0.1) is 5.92 Å². The van der Waals surface area contributed by atoms with Crippen molar-refractivity contribution in [2.45, 2.75) is 32.4 Å². The fourth-order valence-corrected chi connectivity index (χ4v) is 2.53. The monoisotopic (exact) mass is 216 g/mol. The molecule has 3 rings (SSSR count). The molecule has 0 bridgehead atoms. The molecular weight excluding hydrogens is 196 g/mol. The van der Waals surface area contributed by atoms with Crippen LogP contribution < -0.4 is 10.2 Å². The van der Waals surface area contributed by atoms with Gasteiger partial charge in [0.2, 0.25) is 0 Å². The van der Waals surface area contributed by atoms with Gasteiger partial charge < -0.3 is 10.2 Å². The Labute approximate surface area is 97.6 Å². The van der Waals surface area contributed by atoms with Gasteiger partial charge in [-0.3, -0.25) is 0 Å². The van der Waals surface area contributed by atoms with Crippen LogP contribution in [-0.4, -0.2) is 19.1 Å². The number of hydrogen-bond donors (Lipinski definition) is 1. The topological polar surface area (TPSA) is 15.3 Å². The van der Waals surface area contributed by atoms with E-state index < -0.39 is 0 Å². The van der Waals surface area contributed by atoms with E-state index in [-0.39, 0.29) is 0 Å². The summed E-state index contributed by atoms with van der Waals surface area (Å²) in [6, 6.07) is 9.42. The minimum absolute atomic E-state index is 0.589. The van der Waals surface area contributed by atoms with Crippen LogP contribution in [0.25, 0.3) is 0 Å². The molecule has 1 N–H and O–H groups in total. The summed E-state index contributed by atoms with van der Waals surface area (Å²) in [5.74, 6) is 0.957. The number of nitrogens with one attached hydrogen (secondary N) is 1. The molecule has 1 aromatic rings. The number of anilines is 1. The minimum Gasteiger partial charge on any atom is -0.369 e. The number of rotatable bonds is 2. The maximum Gasteiger partial charge on any atom is 0.0412 e. The normalized spacial score (nSPS) is 25.1. The summed E-state index contributed by atoms with van der Waals surface area (Å²) in [4.78, 5) is 2.58. The van der Waals surface area contributed by atoms with Crippen LogP contribution in [0.1, 0.15) is 25.3 Å². The highest BCUT2D eigenvalue weighted by Gasteiger charge is 2.27. The zero-order valence-corrected chi connectivity index (χ0v) is 9.95. The molecule has 1 aromatic carbocycles. The van der Waals surface area contributed by atoms with Crippen LogP contribution in [0.15, 0.2) is 24.3 Å². The molecule has 0 amide bonds. The lowest BCUT2D eigenvalue weighted by Gasteiger charge is -2.26. The molecule has 1 unspecified atom stereocenters. The predicted molar refractivity (Wildman–Crippen MR) is 67.7 cm³/mol. The van der Waals surface area contributed by atoms with E-state index in [1.807, 2.05) is 0 Å². The van der Waals surface area contributed by atoms with Gasteiger partial charge >= 0.3 is 0 Å². The van der Waals surface area contributed by atoms with Crippen LogP contribution in [0.4, 0.5) is 5.69 Å². The van der Waals surface area contributed by atoms with E-state index in [9.17, 15) is 0 Å². The van der Waals surface area contributed by atoms with E-state index in [0.29, 0.717) is 6.04 Å². The fraction of sp³-hybridized carbons (Fsp3) is 0.571. The Bertz CT molecular complexity index is 371. The van der Waals surface area contributed by atoms with Gasteiger partial charge in [-0.2, -0.15) is 0 Å². The molecule has 1 saturated carbocycles. The van der Waals surface area contributed by atoms with E-state index in [1.54, 1.807) is 0 Å². The largest absolute Gasteiger partial charge is 0.369 e. The third-order valence-corrected chi connectivity index (χ3v) is 3.64. The number of para-hydroxylation sites is 1. The summed E-state index contributed by atoms with van der Waals surface area (Å²) in [5.41, 5.74) is 2.90. The average Bonchev–Trinajstić information content (AvgIpc) is 3.10. The zero-order valence-electron chi connectivity index (χ0n) is 9.95. The third kappa shape index (κ3) is 2.07. The van der Waals surface area contributed by atoms with Crippen molar-refractivity contribution in [3.8, 4) is 0 Å². The first kappa shape index (κ1) is 10.2. The fourth-order valence-electron chi connectivity index (χ4n) is 2.53. The molecule has 0 aromatic heterocycles. The zero-order chi connectivity index (χ0) is 11.0. The maximum atomic E-state index is 3.58. The van der Waals surface area contributed by atoms with E-state index in [4.69, 9.17) is 0 Å². The first-order chi connectivity index (χ1) is 7.83. The molecular formula is C14H20N2. The highest BCUT2D eigenvalue weighted by molar-refractivity contribution is 5.54. The van der Waals surface area contributed by atoms with Gasteiger partial charge in [0.15, 0.2) is 0 Å². The van der Waals surface area contributed by atoms with Crippen molar-refractivity contribution >= 4 is 5.69 Å². The van der Waals surface area contributed by atoms with Crippen molar-refractivity contribution in [3.63, 3.8) is 0 Å². The molecule has 0 spiro atoms. The lowest BCUT2D eigenvalue weighted by molar-refractivity contribution is 0.547. The molecule has 2 heteroatoms. The van der Waals surface area contributed by atoms with Gasteiger partial charge in [-0.05, 0) is 37.3 Å². The van der Waals surface area contributed by atoms with Crippen LogP contribution in [0.5, 0.6) is 0 Å². The number of fused-ring (bicyclic) bond motifs is 1. The Morgan fingerprint density at radius 2 is 2.12 bits per heavy atom. The van der Waals surface area contributed by atoms with Crippen molar-refractivity contribution < 1.29 is 0 Å². The van der Waals surface area contributed by atoms with Gasteiger partial charge in [-0.15, -0.1) is 0 Å². The van der Waals surface area contributed by atoms with E-state index in [0.717, 1.165) is 19.0 Å². The van der Waals surface area contributed by atoms with Crippen LogP contribution in [0.3, 0.4) is 0 Å². The van der Waals surface area contributed by atoms with Crippen molar-refractivity contribution in [3.05, 3.63) is 29.8 Å². The molecule has 1 aliphatic heterocycles. The Morgan fingerprint density at radius 1 is 1.31 bits per heavy atom. The first-order valence-electron chi connectivity index (χ1n) is 6.39.